The van der Waals surface area contributed by atoms with E-state index in [9.17, 15) is 4.79 Å². The second-order valence-corrected chi connectivity index (χ2v) is 5.96. The predicted octanol–water partition coefficient (Wildman–Crippen LogP) is 3.21. The van der Waals surface area contributed by atoms with Crippen molar-refractivity contribution in [2.75, 3.05) is 12.8 Å². The van der Waals surface area contributed by atoms with Gasteiger partial charge in [0.05, 0.1) is 16.8 Å². The van der Waals surface area contributed by atoms with Crippen molar-refractivity contribution in [1.82, 2.24) is 14.9 Å². The Morgan fingerprint density at radius 1 is 1.33 bits per heavy atom. The molecule has 0 fully saturated rings. The van der Waals surface area contributed by atoms with Crippen LogP contribution < -0.4 is 5.32 Å². The van der Waals surface area contributed by atoms with Crippen molar-refractivity contribution in [1.29, 1.82) is 0 Å². The van der Waals surface area contributed by atoms with Crippen LogP contribution in [0.5, 0.6) is 0 Å². The van der Waals surface area contributed by atoms with Crippen LogP contribution in [0.1, 0.15) is 32.0 Å². The third kappa shape index (κ3) is 4.24. The van der Waals surface area contributed by atoms with Crippen LogP contribution in [0.25, 0.3) is 11.0 Å². The highest BCUT2D eigenvalue weighted by Crippen LogP contribution is 2.18. The maximum atomic E-state index is 12.1. The zero-order valence-electron chi connectivity index (χ0n) is 12.8. The lowest BCUT2D eigenvalue weighted by Gasteiger charge is -2.09. The van der Waals surface area contributed by atoms with E-state index in [1.165, 1.54) is 6.42 Å². The van der Waals surface area contributed by atoms with Crippen LogP contribution in [0, 0.1) is 0 Å². The normalized spacial score (nSPS) is 11.0. The molecule has 1 aromatic heterocycles. The minimum Gasteiger partial charge on any atom is -0.355 e. The summed E-state index contributed by atoms with van der Waals surface area (Å²) in [5, 5.41) is 3.00. The fourth-order valence-electron chi connectivity index (χ4n) is 2.34. The molecule has 0 aliphatic rings. The number of rotatable bonds is 8. The van der Waals surface area contributed by atoms with Gasteiger partial charge >= 0.3 is 0 Å². The van der Waals surface area contributed by atoms with Crippen molar-refractivity contribution in [2.45, 2.75) is 38.5 Å². The van der Waals surface area contributed by atoms with Gasteiger partial charge in [-0.05, 0) is 24.8 Å². The largest absolute Gasteiger partial charge is 0.355 e. The van der Waals surface area contributed by atoms with Crippen molar-refractivity contribution in [3.05, 3.63) is 30.1 Å². The molecule has 0 saturated heterocycles. The third-order valence-electron chi connectivity index (χ3n) is 3.41. The first-order valence-electron chi connectivity index (χ1n) is 7.46. The monoisotopic (exact) mass is 305 g/mol. The molecule has 2 aromatic rings. The fourth-order valence-corrected chi connectivity index (χ4v) is 2.82. The average molecular weight is 305 g/mol. The van der Waals surface area contributed by atoms with Crippen molar-refractivity contribution >= 4 is 28.7 Å². The predicted molar refractivity (Wildman–Crippen MR) is 89.5 cm³/mol. The lowest BCUT2D eigenvalue weighted by Crippen LogP contribution is -2.29. The maximum Gasteiger partial charge on any atom is 0.240 e. The number of benzene rings is 1. The third-order valence-corrected chi connectivity index (χ3v) is 3.96. The Morgan fingerprint density at radius 3 is 2.90 bits per heavy atom. The summed E-state index contributed by atoms with van der Waals surface area (Å²) in [7, 11) is 0. The molecule has 114 valence electrons. The number of nitrogens with zero attached hydrogens (tertiary/aromatic N) is 2. The molecular formula is C16H23N3OS. The van der Waals surface area contributed by atoms with Crippen molar-refractivity contribution in [3.63, 3.8) is 0 Å². The molecule has 1 amide bonds. The van der Waals surface area contributed by atoms with Crippen LogP contribution in [0.15, 0.2) is 24.3 Å². The summed E-state index contributed by atoms with van der Waals surface area (Å²) < 4.78 is 2.03. The molecule has 1 N–H and O–H groups in total. The van der Waals surface area contributed by atoms with Crippen molar-refractivity contribution < 1.29 is 4.79 Å². The minimum absolute atomic E-state index is 0.0663. The molecule has 0 spiro atoms. The Bertz CT molecular complexity index is 594. The van der Waals surface area contributed by atoms with Gasteiger partial charge in [-0.15, -0.1) is 0 Å². The first-order chi connectivity index (χ1) is 10.3. The molecule has 0 aliphatic carbocycles. The summed E-state index contributed by atoms with van der Waals surface area (Å²) in [5.74, 6) is 1.85. The quantitative estimate of drug-likeness (QED) is 0.762. The lowest BCUT2D eigenvalue weighted by atomic mass is 10.2. The van der Waals surface area contributed by atoms with Crippen LogP contribution in [0.2, 0.25) is 0 Å². The number of carbonyl (C=O) groups is 1. The zero-order valence-corrected chi connectivity index (χ0v) is 13.6. The van der Waals surface area contributed by atoms with Gasteiger partial charge in [-0.25, -0.2) is 4.98 Å². The Kier molecular flexibility index (Phi) is 6.11. The number of carbonyl (C=O) groups excluding carboxylic acids is 1. The number of nitrogens with one attached hydrogen (secondary N) is 1. The molecular weight excluding hydrogens is 282 g/mol. The summed E-state index contributed by atoms with van der Waals surface area (Å²) in [6.45, 7) is 3.27. The molecule has 21 heavy (non-hydrogen) atoms. The highest BCUT2D eigenvalue weighted by atomic mass is 32.2. The van der Waals surface area contributed by atoms with Crippen LogP contribution >= 0.6 is 11.8 Å². The Labute approximate surface area is 130 Å². The number of imidazole rings is 1. The Balaban J connectivity index is 2.08. The number of unbranched alkanes of at least 4 members (excludes halogenated alkanes) is 2. The highest BCUT2D eigenvalue weighted by Gasteiger charge is 2.12. The Hall–Kier alpha value is -1.49. The van der Waals surface area contributed by atoms with Gasteiger partial charge in [-0.1, -0.05) is 31.9 Å². The molecule has 0 atom stereocenters. The maximum absolute atomic E-state index is 12.1. The van der Waals surface area contributed by atoms with Gasteiger partial charge in [0.2, 0.25) is 5.91 Å². The number of hydrogen-bond acceptors (Lipinski definition) is 3. The van der Waals surface area contributed by atoms with Crippen LogP contribution in [0.4, 0.5) is 0 Å². The summed E-state index contributed by atoms with van der Waals surface area (Å²) in [6, 6.07) is 7.99. The highest BCUT2D eigenvalue weighted by molar-refractivity contribution is 7.97. The molecule has 0 bridgehead atoms. The van der Waals surface area contributed by atoms with Gasteiger partial charge in [0, 0.05) is 6.54 Å². The van der Waals surface area contributed by atoms with E-state index in [-0.39, 0.29) is 5.91 Å². The molecule has 0 aliphatic heterocycles. The van der Waals surface area contributed by atoms with E-state index in [1.54, 1.807) is 11.8 Å². The van der Waals surface area contributed by atoms with E-state index in [0.717, 1.165) is 42.0 Å². The fraction of sp³-hybridized carbons (Fsp3) is 0.500. The molecule has 1 aromatic carbocycles. The minimum atomic E-state index is 0.0663. The second kappa shape index (κ2) is 8.08. The van der Waals surface area contributed by atoms with Crippen LogP contribution in [-0.4, -0.2) is 28.3 Å². The molecule has 0 saturated carbocycles. The van der Waals surface area contributed by atoms with Gasteiger partial charge in [-0.3, -0.25) is 4.79 Å². The Morgan fingerprint density at radius 2 is 2.14 bits per heavy atom. The first-order valence-corrected chi connectivity index (χ1v) is 8.85. The van der Waals surface area contributed by atoms with Gasteiger partial charge in [0.25, 0.3) is 0 Å². The lowest BCUT2D eigenvalue weighted by molar-refractivity contribution is -0.121. The van der Waals surface area contributed by atoms with Gasteiger partial charge in [0.15, 0.2) is 0 Å². The van der Waals surface area contributed by atoms with E-state index in [4.69, 9.17) is 0 Å². The van der Waals surface area contributed by atoms with Gasteiger partial charge < -0.3 is 9.88 Å². The number of amides is 1. The average Bonchev–Trinajstić information content (AvgIpc) is 2.82. The molecule has 4 nitrogen and oxygen atoms in total. The first kappa shape index (κ1) is 15.9. The van der Waals surface area contributed by atoms with E-state index in [1.807, 2.05) is 28.8 Å². The summed E-state index contributed by atoms with van der Waals surface area (Å²) in [5.41, 5.74) is 1.99. The van der Waals surface area contributed by atoms with Crippen molar-refractivity contribution in [2.24, 2.45) is 0 Å². The van der Waals surface area contributed by atoms with E-state index in [2.05, 4.69) is 23.5 Å². The SMILES string of the molecule is CCCCCNC(=O)Cn1c(CSC)nc2ccccc21. The summed E-state index contributed by atoms with van der Waals surface area (Å²) in [6.07, 6.45) is 5.42. The van der Waals surface area contributed by atoms with Crippen LogP contribution in [0.3, 0.4) is 0 Å². The summed E-state index contributed by atoms with van der Waals surface area (Å²) >= 11 is 1.72. The molecule has 1 heterocycles. The summed E-state index contributed by atoms with van der Waals surface area (Å²) in [4.78, 5) is 16.7. The number of fused-ring (bicyclic) bond motifs is 1. The molecule has 2 rings (SSSR count). The van der Waals surface area contributed by atoms with Gasteiger partial charge in [0.1, 0.15) is 12.4 Å². The number of thioether (sulfide) groups is 1. The zero-order chi connectivity index (χ0) is 15.1. The number of hydrogen-bond donors (Lipinski definition) is 1. The molecule has 0 radical (unpaired) electrons. The van der Waals surface area contributed by atoms with Crippen LogP contribution in [-0.2, 0) is 17.1 Å². The standard InChI is InChI=1S/C16H23N3OS/c1-3-4-7-10-17-16(20)11-19-14-9-6-5-8-13(14)18-15(19)12-21-2/h5-6,8-9H,3-4,7,10-12H2,1-2H3,(H,17,20). The van der Waals surface area contributed by atoms with Crippen molar-refractivity contribution in [3.8, 4) is 0 Å². The van der Waals surface area contributed by atoms with E-state index >= 15 is 0 Å². The molecule has 5 heteroatoms. The smallest absolute Gasteiger partial charge is 0.240 e. The number of aromatic nitrogens is 2. The van der Waals surface area contributed by atoms with Gasteiger partial charge in [-0.2, -0.15) is 11.8 Å². The molecule has 0 unspecified atom stereocenters. The topological polar surface area (TPSA) is 46.9 Å². The van der Waals surface area contributed by atoms with E-state index < -0.39 is 0 Å². The number of para-hydroxylation sites is 2. The van der Waals surface area contributed by atoms with E-state index in [0.29, 0.717) is 6.54 Å². The second-order valence-electron chi connectivity index (χ2n) is 5.09.